The molecule has 1 atom stereocenters. The molecule has 0 radical (unpaired) electrons. The van der Waals surface area contributed by atoms with E-state index >= 15 is 0 Å². The smallest absolute Gasteiger partial charge is 0.253 e. The molecule has 17 heavy (non-hydrogen) atoms. The Hall–Kier alpha value is -1.51. The lowest BCUT2D eigenvalue weighted by Gasteiger charge is -2.09. The van der Waals surface area contributed by atoms with Crippen molar-refractivity contribution in [3.05, 3.63) is 29.3 Å². The number of carbonyl (C=O) groups is 1. The third-order valence-electron chi connectivity index (χ3n) is 3.68. The minimum absolute atomic E-state index is 0.0646. The van der Waals surface area contributed by atoms with Gasteiger partial charge in [0, 0.05) is 12.2 Å². The van der Waals surface area contributed by atoms with Crippen molar-refractivity contribution in [3.8, 4) is 0 Å². The molecule has 1 fully saturated rings. The van der Waals surface area contributed by atoms with E-state index in [9.17, 15) is 4.79 Å². The molecule has 2 rings (SSSR count). The quantitative estimate of drug-likeness (QED) is 0.786. The fraction of sp³-hybridized carbons (Fsp3) is 0.500. The molecular formula is C14H20N2O. The average Bonchev–Trinajstić information content (AvgIpc) is 2.83. The van der Waals surface area contributed by atoms with Gasteiger partial charge in [-0.25, -0.2) is 0 Å². The molecule has 1 aliphatic carbocycles. The van der Waals surface area contributed by atoms with E-state index in [-0.39, 0.29) is 5.91 Å². The van der Waals surface area contributed by atoms with Crippen LogP contribution >= 0.6 is 0 Å². The Morgan fingerprint density at radius 3 is 2.71 bits per heavy atom. The zero-order chi connectivity index (χ0) is 12.6. The zero-order valence-electron chi connectivity index (χ0n) is 10.7. The zero-order valence-corrected chi connectivity index (χ0v) is 10.7. The molecule has 0 saturated heterocycles. The van der Waals surface area contributed by atoms with Crippen molar-refractivity contribution in [2.24, 2.45) is 11.3 Å². The molecule has 1 aliphatic rings. The Balaban J connectivity index is 1.96. The Morgan fingerprint density at radius 2 is 2.18 bits per heavy atom. The van der Waals surface area contributed by atoms with Crippen LogP contribution in [-0.4, -0.2) is 12.5 Å². The van der Waals surface area contributed by atoms with Crippen LogP contribution in [0.15, 0.2) is 18.2 Å². The van der Waals surface area contributed by atoms with E-state index in [2.05, 4.69) is 19.2 Å². The third kappa shape index (κ3) is 2.60. The second-order valence-corrected chi connectivity index (χ2v) is 5.69. The van der Waals surface area contributed by atoms with Crippen molar-refractivity contribution in [1.29, 1.82) is 0 Å². The monoisotopic (exact) mass is 232 g/mol. The first-order valence-corrected chi connectivity index (χ1v) is 6.04. The molecule has 1 saturated carbocycles. The van der Waals surface area contributed by atoms with E-state index in [0.29, 0.717) is 22.6 Å². The van der Waals surface area contributed by atoms with Crippen LogP contribution in [0.25, 0.3) is 0 Å². The van der Waals surface area contributed by atoms with Crippen LogP contribution in [0, 0.1) is 18.3 Å². The van der Waals surface area contributed by atoms with Crippen molar-refractivity contribution in [2.75, 3.05) is 12.3 Å². The van der Waals surface area contributed by atoms with Crippen molar-refractivity contribution in [3.63, 3.8) is 0 Å². The number of nitrogen functional groups attached to an aromatic ring is 1. The second-order valence-electron chi connectivity index (χ2n) is 5.69. The van der Waals surface area contributed by atoms with Gasteiger partial charge in [-0.3, -0.25) is 4.79 Å². The number of carbonyl (C=O) groups excluding carboxylic acids is 1. The highest BCUT2D eigenvalue weighted by Gasteiger charge is 2.45. The van der Waals surface area contributed by atoms with Crippen LogP contribution in [-0.2, 0) is 0 Å². The summed E-state index contributed by atoms with van der Waals surface area (Å²) in [5.41, 5.74) is 8.43. The molecule has 0 aliphatic heterocycles. The highest BCUT2D eigenvalue weighted by molar-refractivity contribution is 5.99. The minimum atomic E-state index is -0.0646. The van der Waals surface area contributed by atoms with Gasteiger partial charge in [-0.1, -0.05) is 19.9 Å². The molecule has 0 heterocycles. The van der Waals surface area contributed by atoms with Crippen LogP contribution in [0.5, 0.6) is 0 Å². The number of nitrogens with one attached hydrogen (secondary N) is 1. The predicted octanol–water partition coefficient (Wildman–Crippen LogP) is 2.35. The van der Waals surface area contributed by atoms with Gasteiger partial charge in [0.15, 0.2) is 0 Å². The number of amides is 1. The van der Waals surface area contributed by atoms with Gasteiger partial charge in [0.25, 0.3) is 5.91 Å². The highest BCUT2D eigenvalue weighted by Crippen LogP contribution is 2.50. The molecule has 1 aromatic carbocycles. The van der Waals surface area contributed by atoms with Crippen molar-refractivity contribution in [2.45, 2.75) is 27.2 Å². The van der Waals surface area contributed by atoms with Crippen LogP contribution in [0.3, 0.4) is 0 Å². The lowest BCUT2D eigenvalue weighted by molar-refractivity contribution is 0.0951. The first-order valence-electron chi connectivity index (χ1n) is 6.04. The molecule has 3 nitrogen and oxygen atoms in total. The van der Waals surface area contributed by atoms with Gasteiger partial charge in [0.2, 0.25) is 0 Å². The summed E-state index contributed by atoms with van der Waals surface area (Å²) in [7, 11) is 0. The minimum Gasteiger partial charge on any atom is -0.398 e. The van der Waals surface area contributed by atoms with Crippen LogP contribution < -0.4 is 11.1 Å². The van der Waals surface area contributed by atoms with Crippen LogP contribution in [0.1, 0.15) is 36.2 Å². The lowest BCUT2D eigenvalue weighted by Crippen LogP contribution is -2.27. The third-order valence-corrected chi connectivity index (χ3v) is 3.68. The first-order chi connectivity index (χ1) is 7.90. The van der Waals surface area contributed by atoms with Gasteiger partial charge >= 0.3 is 0 Å². The van der Waals surface area contributed by atoms with Crippen molar-refractivity contribution >= 4 is 11.6 Å². The first kappa shape index (κ1) is 12.0. The van der Waals surface area contributed by atoms with Gasteiger partial charge < -0.3 is 11.1 Å². The molecule has 0 aromatic heterocycles. The van der Waals surface area contributed by atoms with Crippen LogP contribution in [0.4, 0.5) is 5.69 Å². The molecular weight excluding hydrogens is 212 g/mol. The maximum Gasteiger partial charge on any atom is 0.253 e. The van der Waals surface area contributed by atoms with Gasteiger partial charge in [-0.2, -0.15) is 0 Å². The van der Waals surface area contributed by atoms with Gasteiger partial charge in [-0.15, -0.1) is 0 Å². The molecule has 0 bridgehead atoms. The number of hydrogen-bond acceptors (Lipinski definition) is 2. The lowest BCUT2D eigenvalue weighted by atomic mass is 10.1. The van der Waals surface area contributed by atoms with E-state index in [1.54, 1.807) is 6.07 Å². The van der Waals surface area contributed by atoms with E-state index < -0.39 is 0 Å². The average molecular weight is 232 g/mol. The summed E-state index contributed by atoms with van der Waals surface area (Å²) in [6, 6.07) is 5.53. The molecule has 3 heteroatoms. The Kier molecular flexibility index (Phi) is 2.86. The van der Waals surface area contributed by atoms with Gasteiger partial charge in [0.1, 0.15) is 0 Å². The Labute approximate surface area is 102 Å². The standard InChI is InChI=1S/C14H20N2O/c1-9-4-5-11(12(15)6-9)13(17)16-8-10-7-14(10,2)3/h4-6,10H,7-8,15H2,1-3H3,(H,16,17). The Bertz CT molecular complexity index is 452. The summed E-state index contributed by atoms with van der Waals surface area (Å²) < 4.78 is 0. The van der Waals surface area contributed by atoms with Crippen molar-refractivity contribution < 1.29 is 4.79 Å². The molecule has 1 amide bonds. The van der Waals surface area contributed by atoms with Crippen molar-refractivity contribution in [1.82, 2.24) is 5.32 Å². The van der Waals surface area contributed by atoms with E-state index in [0.717, 1.165) is 12.1 Å². The highest BCUT2D eigenvalue weighted by atomic mass is 16.1. The summed E-state index contributed by atoms with van der Waals surface area (Å²) >= 11 is 0. The topological polar surface area (TPSA) is 55.1 Å². The molecule has 1 unspecified atom stereocenters. The van der Waals surface area contributed by atoms with Gasteiger partial charge in [0.05, 0.1) is 5.56 Å². The van der Waals surface area contributed by atoms with E-state index in [1.807, 2.05) is 19.1 Å². The number of rotatable bonds is 3. The second kappa shape index (κ2) is 4.06. The molecule has 92 valence electrons. The van der Waals surface area contributed by atoms with E-state index in [1.165, 1.54) is 6.42 Å². The van der Waals surface area contributed by atoms with E-state index in [4.69, 9.17) is 5.73 Å². The summed E-state index contributed by atoms with van der Waals surface area (Å²) in [5.74, 6) is 0.545. The summed E-state index contributed by atoms with van der Waals surface area (Å²) in [4.78, 5) is 11.9. The maximum absolute atomic E-state index is 11.9. The number of aryl methyl sites for hydroxylation is 1. The number of nitrogens with two attached hydrogens (primary N) is 1. The van der Waals surface area contributed by atoms with Crippen LogP contribution in [0.2, 0.25) is 0 Å². The molecule has 1 aromatic rings. The predicted molar refractivity (Wildman–Crippen MR) is 69.8 cm³/mol. The maximum atomic E-state index is 11.9. The fourth-order valence-electron chi connectivity index (χ4n) is 2.12. The fourth-order valence-corrected chi connectivity index (χ4v) is 2.12. The largest absolute Gasteiger partial charge is 0.398 e. The normalized spacial score (nSPS) is 21.0. The number of anilines is 1. The summed E-state index contributed by atoms with van der Waals surface area (Å²) in [5, 5.41) is 2.96. The summed E-state index contributed by atoms with van der Waals surface area (Å²) in [6.07, 6.45) is 1.19. The summed E-state index contributed by atoms with van der Waals surface area (Å²) in [6.45, 7) is 7.16. The molecule has 3 N–H and O–H groups in total. The van der Waals surface area contributed by atoms with Gasteiger partial charge in [-0.05, 0) is 42.4 Å². The number of hydrogen-bond donors (Lipinski definition) is 2. The SMILES string of the molecule is Cc1ccc(C(=O)NCC2CC2(C)C)c(N)c1. The number of benzene rings is 1. The Morgan fingerprint density at radius 1 is 1.53 bits per heavy atom. The molecule has 0 spiro atoms.